The largest absolute Gasteiger partial charge is 2.00 e. The Kier molecular flexibility index (Phi) is 20.3. The molecule has 0 aliphatic carbocycles. The van der Waals surface area contributed by atoms with Gasteiger partial charge in [0.2, 0.25) is 0 Å². The van der Waals surface area contributed by atoms with Gasteiger partial charge in [-0.2, -0.15) is 26.3 Å². The molecule has 9 aromatic rings. The summed E-state index contributed by atoms with van der Waals surface area (Å²) in [4.78, 5) is 45.2. The summed E-state index contributed by atoms with van der Waals surface area (Å²) in [6.45, 7) is 7.83. The number of hydrogen-bond acceptors (Lipinski definition) is 17. The van der Waals surface area contributed by atoms with Crippen molar-refractivity contribution in [1.29, 1.82) is 5.41 Å². The minimum atomic E-state index is -5.04. The van der Waals surface area contributed by atoms with E-state index in [0.29, 0.717) is 108 Å². The van der Waals surface area contributed by atoms with E-state index in [1.807, 2.05) is 19.1 Å². The van der Waals surface area contributed by atoms with Crippen LogP contribution in [0.15, 0.2) is 122 Å². The number of fused-ring (bicyclic) bond motifs is 2. The van der Waals surface area contributed by atoms with Crippen molar-refractivity contribution >= 4 is 64.1 Å². The maximum absolute atomic E-state index is 13.4. The van der Waals surface area contributed by atoms with Crippen molar-refractivity contribution in [2.75, 3.05) is 31.3 Å². The summed E-state index contributed by atoms with van der Waals surface area (Å²) in [6, 6.07) is 27.0. The van der Waals surface area contributed by atoms with E-state index in [4.69, 9.17) is 44.5 Å². The van der Waals surface area contributed by atoms with E-state index in [-0.39, 0.29) is 54.1 Å². The van der Waals surface area contributed by atoms with Gasteiger partial charge in [-0.25, -0.2) is 4.98 Å². The van der Waals surface area contributed by atoms with Crippen LogP contribution in [0.25, 0.3) is 65.8 Å². The zero-order chi connectivity index (χ0) is 63.5. The van der Waals surface area contributed by atoms with E-state index in [9.17, 15) is 35.9 Å². The van der Waals surface area contributed by atoms with Gasteiger partial charge in [-0.3, -0.25) is 30.0 Å². The van der Waals surface area contributed by atoms with Gasteiger partial charge in [-0.15, -0.1) is 28.4 Å². The van der Waals surface area contributed by atoms with Crippen molar-refractivity contribution in [2.45, 2.75) is 33.1 Å². The minimum Gasteiger partial charge on any atom is -0.697 e. The van der Waals surface area contributed by atoms with Gasteiger partial charge in [0, 0.05) is 58.0 Å². The first kappa shape index (κ1) is 64.7. The number of benzene rings is 2. The van der Waals surface area contributed by atoms with Crippen LogP contribution in [0, 0.1) is 59.7 Å². The molecule has 26 heteroatoms. The Morgan fingerprint density at radius 1 is 0.626 bits per heavy atom. The van der Waals surface area contributed by atoms with Gasteiger partial charge in [-0.1, -0.05) is 29.4 Å². The number of pyridine rings is 4. The van der Waals surface area contributed by atoms with Crippen LogP contribution in [0.5, 0.6) is 34.5 Å². The number of nitrogens with zero attached hydrogens (tertiary/aromatic N) is 7. The maximum Gasteiger partial charge on any atom is 2.00 e. The number of halogens is 6. The number of rotatable bonds is 14. The quantitative estimate of drug-likeness (QED) is 0.0352. The second kappa shape index (κ2) is 28.6. The van der Waals surface area contributed by atoms with Crippen molar-refractivity contribution in [3.8, 4) is 136 Å². The fraction of sp³-hybridized carbons (Fsp3) is 0.138. The molecule has 456 valence electrons. The van der Waals surface area contributed by atoms with Crippen LogP contribution in [-0.4, -0.2) is 76.3 Å². The fourth-order valence-electron chi connectivity index (χ4n) is 8.76. The van der Waals surface area contributed by atoms with Crippen molar-refractivity contribution in [3.63, 3.8) is 0 Å². The topological polar surface area (TPSA) is 219 Å². The number of thiophene rings is 2. The third-order valence-electron chi connectivity index (χ3n) is 12.7. The second-order valence-electron chi connectivity index (χ2n) is 18.6. The van der Waals surface area contributed by atoms with E-state index in [1.54, 1.807) is 120 Å². The first-order valence-electron chi connectivity index (χ1n) is 26.5. The van der Waals surface area contributed by atoms with E-state index in [0.717, 1.165) is 36.6 Å². The van der Waals surface area contributed by atoms with Crippen LogP contribution in [0.2, 0.25) is 0 Å². The van der Waals surface area contributed by atoms with Crippen LogP contribution in [0.4, 0.5) is 43.4 Å². The zero-order valence-corrected chi connectivity index (χ0v) is 50.7. The van der Waals surface area contributed by atoms with Gasteiger partial charge in [-0.05, 0) is 141 Å². The molecule has 2 aromatic carbocycles. The molecular formula is C65H41F6N9O8RuS2. The van der Waals surface area contributed by atoms with Crippen LogP contribution in [0.1, 0.15) is 41.2 Å². The number of aromatic nitrogens is 6. The van der Waals surface area contributed by atoms with E-state index < -0.39 is 29.5 Å². The molecule has 2 aliphatic heterocycles. The third kappa shape index (κ3) is 15.2. The number of carbonyl (C=O) groups is 2. The Labute approximate surface area is 535 Å². The summed E-state index contributed by atoms with van der Waals surface area (Å²) >= 11 is 3.14. The molecule has 0 spiro atoms. The van der Waals surface area contributed by atoms with Crippen LogP contribution in [-0.2, 0) is 35.2 Å². The number of hydrogen-bond donors (Lipinski definition) is 1. The van der Waals surface area contributed by atoms with Crippen LogP contribution < -0.4 is 38.4 Å². The second-order valence-corrected chi connectivity index (χ2v) is 20.9. The molecule has 0 atom stereocenters. The number of carbonyl (C=O) groups excluding carboxylic acids is 2. The molecule has 0 amide bonds. The average molecular weight is 1360 g/mol. The molecule has 2 aliphatic rings. The normalized spacial score (nSPS) is 12.0. The summed E-state index contributed by atoms with van der Waals surface area (Å²) in [7, 11) is 0. The molecule has 0 bridgehead atoms. The Morgan fingerprint density at radius 2 is 1.15 bits per heavy atom. The van der Waals surface area contributed by atoms with Crippen LogP contribution in [0.3, 0.4) is 0 Å². The molecule has 0 radical (unpaired) electrons. The summed E-state index contributed by atoms with van der Waals surface area (Å²) in [5.41, 5.74) is 8.60. The number of aryl methyl sites for hydroxylation is 1. The summed E-state index contributed by atoms with van der Waals surface area (Å²) in [5.74, 6) is 25.2. The Balaban J connectivity index is 0.000000214. The molecule has 0 fully saturated rings. The molecule has 0 saturated heterocycles. The summed E-state index contributed by atoms with van der Waals surface area (Å²) in [6.07, 6.45) is -6.43. The van der Waals surface area contributed by atoms with Crippen LogP contribution >= 0.6 is 22.7 Å². The van der Waals surface area contributed by atoms with Crippen molar-refractivity contribution < 1.29 is 83.8 Å². The molecule has 0 saturated carbocycles. The van der Waals surface area contributed by atoms with Gasteiger partial charge >= 0.3 is 31.8 Å². The average Bonchev–Trinajstić information content (AvgIpc) is 1.70. The number of alkyl halides is 6. The Hall–Kier alpha value is -10.8. The SMILES string of the molecule is CC#CC#Cc1ccc(N(c2ccc(C#CC#CC)cc2)c2cc(/C([NH-])=C/C(=N)C(F)(F)F)nc(-c3cc(C(F)(F)F)n[n-]3)c2)cc1.Cc1sc(-c2sc(-c3ccnc(-c4cc(OC=O)cc(-c5cc(OC=O)ccn5)n4)c3)c3c2OCCO3)c2c1OCCO2.[Ru+2]. The first-order chi connectivity index (χ1) is 43.4. The summed E-state index contributed by atoms with van der Waals surface area (Å²) in [5, 5.41) is 14.1. The number of anilines is 3. The minimum absolute atomic E-state index is 0. The standard InChI is InChI=1S/C35H20F6N6.C30H21N3O8S2.Ru/c1-3-5-7-9-23-11-15-25(16-12-23)47(26-17-13-24(14-18-26)10-8-6-4-2)27-19-29(28(42)21-32(43)34(36,37)38)44-30(20-27)31-22-33(46-45-31)35(39,40)41;1-16-24-25(37-7-6-36-24)29(42-16)30-27-26(38-8-9-39-27)28(43-30)17-2-4-31-20(10-17)22-12-19(41-15-35)13-23(33-22)21-11-18(40-14-34)3-5-32-21;/h11-22,42-43H,1-2H3;2-5,10-15H,6-9H2,1H3;/q-2;;+2/b28-21-,43-32?;;. The number of ether oxygens (including phenoxy) is 6. The van der Waals surface area contributed by atoms with E-state index in [2.05, 4.69) is 72.5 Å². The van der Waals surface area contributed by atoms with Gasteiger partial charge in [0.25, 0.3) is 12.9 Å². The van der Waals surface area contributed by atoms with Gasteiger partial charge < -0.3 is 49.3 Å². The maximum atomic E-state index is 13.4. The zero-order valence-electron chi connectivity index (χ0n) is 47.4. The molecule has 9 heterocycles. The monoisotopic (exact) mass is 1360 g/mol. The Bertz CT molecular complexity index is 4460. The van der Waals surface area contributed by atoms with Crippen molar-refractivity contribution in [3.05, 3.63) is 155 Å². The number of nitrogens with one attached hydrogen (secondary N) is 2. The van der Waals surface area contributed by atoms with Gasteiger partial charge in [0.15, 0.2) is 23.0 Å². The van der Waals surface area contributed by atoms with Gasteiger partial charge in [0.05, 0.1) is 54.5 Å². The molecule has 17 nitrogen and oxygen atoms in total. The first-order valence-corrected chi connectivity index (χ1v) is 28.1. The molecule has 2 N–H and O–H groups in total. The predicted octanol–water partition coefficient (Wildman–Crippen LogP) is 13.9. The van der Waals surface area contributed by atoms with E-state index >= 15 is 0 Å². The van der Waals surface area contributed by atoms with E-state index in [1.165, 1.54) is 18.3 Å². The Morgan fingerprint density at radius 3 is 1.71 bits per heavy atom. The molecule has 91 heavy (non-hydrogen) atoms. The molecule has 0 unspecified atom stereocenters. The third-order valence-corrected chi connectivity index (χ3v) is 15.1. The van der Waals surface area contributed by atoms with Crippen molar-refractivity contribution in [1.82, 2.24) is 30.1 Å². The predicted molar refractivity (Wildman–Crippen MR) is 325 cm³/mol. The smallest absolute Gasteiger partial charge is 0.697 e. The van der Waals surface area contributed by atoms with Crippen molar-refractivity contribution in [2.24, 2.45) is 0 Å². The van der Waals surface area contributed by atoms with Gasteiger partial charge in [0.1, 0.15) is 49.3 Å². The molecular weight excluding hydrogens is 1310 g/mol. The summed E-state index contributed by atoms with van der Waals surface area (Å²) < 4.78 is 114. The fourth-order valence-corrected chi connectivity index (χ4v) is 11.1. The molecule has 11 rings (SSSR count). The number of allylic oxidation sites excluding steroid dienone is 1. The molecule has 7 aromatic heterocycles.